The van der Waals surface area contributed by atoms with Crippen molar-refractivity contribution in [1.82, 2.24) is 0 Å². The first-order valence-corrected chi connectivity index (χ1v) is 8.59. The molecule has 2 rings (SSSR count). The molecule has 0 unspecified atom stereocenters. The summed E-state index contributed by atoms with van der Waals surface area (Å²) in [5.41, 5.74) is 1.43. The smallest absolute Gasteiger partial charge is 0.290 e. The van der Waals surface area contributed by atoms with Crippen LogP contribution >= 0.6 is 0 Å². The highest BCUT2D eigenvalue weighted by Crippen LogP contribution is 2.28. The van der Waals surface area contributed by atoms with E-state index in [0.717, 1.165) is 12.8 Å². The Kier molecular flexibility index (Phi) is 6.66. The van der Waals surface area contributed by atoms with Crippen molar-refractivity contribution in [2.45, 2.75) is 39.2 Å². The van der Waals surface area contributed by atoms with Crippen LogP contribution in [-0.4, -0.2) is 17.9 Å². The molecule has 0 saturated heterocycles. The summed E-state index contributed by atoms with van der Waals surface area (Å²) in [4.78, 5) is 22.7. The monoisotopic (exact) mass is 358 g/mol. The molecule has 0 aliphatic rings. The summed E-state index contributed by atoms with van der Waals surface area (Å²) in [5.74, 6) is 0.606. The number of carbonyl (C=O) groups is 1. The van der Waals surface area contributed by atoms with Crippen LogP contribution in [0.3, 0.4) is 0 Å². The Bertz CT molecular complexity index is 771. The van der Waals surface area contributed by atoms with Crippen LogP contribution in [0.2, 0.25) is 0 Å². The average Bonchev–Trinajstić information content (AvgIpc) is 2.64. The van der Waals surface area contributed by atoms with Gasteiger partial charge in [0.05, 0.1) is 17.7 Å². The number of hydrogen-bond donors (Lipinski definition) is 1. The van der Waals surface area contributed by atoms with Gasteiger partial charge in [-0.1, -0.05) is 13.8 Å². The van der Waals surface area contributed by atoms with E-state index < -0.39 is 4.92 Å². The number of ether oxygens (including phenoxy) is 1. The molecule has 1 N–H and O–H groups in total. The molecular weight excluding hydrogens is 334 g/mol. The first-order chi connectivity index (χ1) is 12.5. The zero-order chi connectivity index (χ0) is 19.1. The Morgan fingerprint density at radius 2 is 1.88 bits per heavy atom. The van der Waals surface area contributed by atoms with E-state index in [1.54, 1.807) is 4.57 Å². The van der Waals surface area contributed by atoms with Crippen LogP contribution in [0.1, 0.15) is 38.2 Å². The fourth-order valence-corrected chi connectivity index (χ4v) is 2.87. The fourth-order valence-electron chi connectivity index (χ4n) is 2.87. The van der Waals surface area contributed by atoms with Crippen molar-refractivity contribution < 1.29 is 19.0 Å². The second-order valence-electron chi connectivity index (χ2n) is 6.01. The number of aromatic nitrogens is 1. The zero-order valence-corrected chi connectivity index (χ0v) is 15.3. The third kappa shape index (κ3) is 4.78. The Labute approximate surface area is 152 Å². The third-order valence-electron chi connectivity index (χ3n) is 4.37. The van der Waals surface area contributed by atoms with E-state index in [0.29, 0.717) is 11.7 Å². The van der Waals surface area contributed by atoms with Crippen LogP contribution in [-0.2, 0) is 11.3 Å². The van der Waals surface area contributed by atoms with E-state index in [4.69, 9.17) is 4.74 Å². The van der Waals surface area contributed by atoms with Gasteiger partial charge < -0.3 is 10.1 Å². The predicted octanol–water partition coefficient (Wildman–Crippen LogP) is 3.43. The molecule has 7 nitrogen and oxygen atoms in total. The summed E-state index contributed by atoms with van der Waals surface area (Å²) in [5, 5.41) is 13.6. The van der Waals surface area contributed by atoms with E-state index >= 15 is 0 Å². The molecule has 1 heterocycles. The molecule has 0 fully saturated rings. The Balaban J connectivity index is 2.09. The van der Waals surface area contributed by atoms with Gasteiger partial charge in [0.15, 0.2) is 12.4 Å². The second kappa shape index (κ2) is 8.94. The predicted molar refractivity (Wildman–Crippen MR) is 98.2 cm³/mol. The normalized spacial score (nSPS) is 10.6. The number of amides is 1. The van der Waals surface area contributed by atoms with E-state index in [9.17, 15) is 14.9 Å². The molecule has 0 radical (unpaired) electrons. The second-order valence-corrected chi connectivity index (χ2v) is 6.01. The van der Waals surface area contributed by atoms with Gasteiger partial charge in [0.25, 0.3) is 11.6 Å². The van der Waals surface area contributed by atoms with Crippen molar-refractivity contribution >= 4 is 17.3 Å². The number of nitro benzene ring substituents is 1. The molecule has 26 heavy (non-hydrogen) atoms. The van der Waals surface area contributed by atoms with Crippen molar-refractivity contribution in [2.75, 3.05) is 12.4 Å². The topological polar surface area (TPSA) is 85.3 Å². The number of methoxy groups -OCH3 is 1. The number of carbonyl (C=O) groups excluding carboxylic acids is 1. The van der Waals surface area contributed by atoms with Crippen LogP contribution < -0.4 is 14.6 Å². The lowest BCUT2D eigenvalue weighted by atomic mass is 9.95. The molecular formula is C19H24N3O4+. The maximum atomic E-state index is 12.3. The van der Waals surface area contributed by atoms with Crippen LogP contribution in [0.15, 0.2) is 42.7 Å². The molecule has 1 aromatic heterocycles. The van der Waals surface area contributed by atoms with Gasteiger partial charge in [-0.05, 0) is 30.4 Å². The standard InChI is InChI=1S/C19H23N3O4/c1-4-14(5-2)15-8-10-21(11-9-15)13-19(23)20-17-12-16(22(24)25)6-7-18(17)26-3/h6-12,14H,4-5,13H2,1-3H3/p+1. The number of nitro groups is 1. The number of nitrogens with one attached hydrogen (secondary N) is 1. The first kappa shape index (κ1) is 19.4. The van der Waals surface area contributed by atoms with Crippen LogP contribution in [0, 0.1) is 10.1 Å². The molecule has 0 spiro atoms. The van der Waals surface area contributed by atoms with Crippen molar-refractivity contribution in [3.8, 4) is 5.75 Å². The molecule has 2 aromatic rings. The summed E-state index contributed by atoms with van der Waals surface area (Å²) >= 11 is 0. The zero-order valence-electron chi connectivity index (χ0n) is 15.3. The van der Waals surface area contributed by atoms with Gasteiger partial charge in [0.1, 0.15) is 5.75 Å². The van der Waals surface area contributed by atoms with Crippen LogP contribution in [0.4, 0.5) is 11.4 Å². The number of pyridine rings is 1. The quantitative estimate of drug-likeness (QED) is 0.445. The number of hydrogen-bond acceptors (Lipinski definition) is 4. The summed E-state index contributed by atoms with van der Waals surface area (Å²) in [6.07, 6.45) is 5.90. The van der Waals surface area contributed by atoms with Gasteiger partial charge in [-0.15, -0.1) is 0 Å². The van der Waals surface area contributed by atoms with Gasteiger partial charge in [0.2, 0.25) is 6.54 Å². The lowest BCUT2D eigenvalue weighted by Crippen LogP contribution is -2.39. The van der Waals surface area contributed by atoms with Gasteiger partial charge in [-0.3, -0.25) is 14.9 Å². The number of benzene rings is 1. The maximum absolute atomic E-state index is 12.3. The summed E-state index contributed by atoms with van der Waals surface area (Å²) in [6.45, 7) is 4.43. The SMILES string of the molecule is CCC(CC)c1cc[n+](CC(=O)Nc2cc([N+](=O)[O-])ccc2OC)cc1. The minimum absolute atomic E-state index is 0.106. The van der Waals surface area contributed by atoms with Gasteiger partial charge in [-0.25, -0.2) is 0 Å². The Morgan fingerprint density at radius 3 is 2.42 bits per heavy atom. The molecule has 0 atom stereocenters. The van der Waals surface area contributed by atoms with E-state index in [1.807, 2.05) is 24.5 Å². The molecule has 1 amide bonds. The van der Waals surface area contributed by atoms with Crippen molar-refractivity contribution in [2.24, 2.45) is 0 Å². The summed E-state index contributed by atoms with van der Waals surface area (Å²) in [7, 11) is 1.45. The van der Waals surface area contributed by atoms with Crippen molar-refractivity contribution in [1.29, 1.82) is 0 Å². The fraction of sp³-hybridized carbons (Fsp3) is 0.368. The average molecular weight is 358 g/mol. The number of anilines is 1. The lowest BCUT2D eigenvalue weighted by molar-refractivity contribution is -0.684. The van der Waals surface area contributed by atoms with Crippen molar-refractivity contribution in [3.05, 3.63) is 58.4 Å². The number of rotatable bonds is 8. The number of non-ortho nitro benzene ring substituents is 1. The number of nitrogens with zero attached hydrogens (tertiary/aromatic N) is 2. The van der Waals surface area contributed by atoms with Gasteiger partial charge in [-0.2, -0.15) is 4.57 Å². The molecule has 0 bridgehead atoms. The summed E-state index contributed by atoms with van der Waals surface area (Å²) < 4.78 is 6.92. The minimum atomic E-state index is -0.513. The first-order valence-electron chi connectivity index (χ1n) is 8.59. The van der Waals surface area contributed by atoms with E-state index in [2.05, 4.69) is 19.2 Å². The molecule has 1 aromatic carbocycles. The highest BCUT2D eigenvalue weighted by molar-refractivity contribution is 5.91. The summed E-state index contributed by atoms with van der Waals surface area (Å²) in [6, 6.07) is 8.14. The molecule has 138 valence electrons. The highest BCUT2D eigenvalue weighted by atomic mass is 16.6. The van der Waals surface area contributed by atoms with Gasteiger partial charge >= 0.3 is 0 Å². The molecule has 0 aliphatic heterocycles. The lowest BCUT2D eigenvalue weighted by Gasteiger charge is -2.11. The minimum Gasteiger partial charge on any atom is -0.495 e. The van der Waals surface area contributed by atoms with Crippen LogP contribution in [0.5, 0.6) is 5.75 Å². The Hall–Kier alpha value is -2.96. The Morgan fingerprint density at radius 1 is 1.23 bits per heavy atom. The van der Waals surface area contributed by atoms with E-state index in [-0.39, 0.29) is 23.8 Å². The van der Waals surface area contributed by atoms with E-state index in [1.165, 1.54) is 30.9 Å². The highest BCUT2D eigenvalue weighted by Gasteiger charge is 2.16. The molecule has 0 saturated carbocycles. The van der Waals surface area contributed by atoms with Crippen LogP contribution in [0.25, 0.3) is 0 Å². The van der Waals surface area contributed by atoms with Crippen molar-refractivity contribution in [3.63, 3.8) is 0 Å². The molecule has 0 aliphatic carbocycles. The van der Waals surface area contributed by atoms with Gasteiger partial charge in [0, 0.05) is 24.3 Å². The third-order valence-corrected chi connectivity index (χ3v) is 4.37. The maximum Gasteiger partial charge on any atom is 0.290 e. The largest absolute Gasteiger partial charge is 0.495 e. The molecule has 7 heteroatoms.